The summed E-state index contributed by atoms with van der Waals surface area (Å²) in [5.41, 5.74) is 3.25. The van der Waals surface area contributed by atoms with Crippen molar-refractivity contribution < 1.29 is 9.53 Å². The average molecular weight is 464 g/mol. The monoisotopic (exact) mass is 463 g/mol. The van der Waals surface area contributed by atoms with Gasteiger partial charge in [-0.25, -0.2) is 0 Å². The highest BCUT2D eigenvalue weighted by Gasteiger charge is 2.14. The highest BCUT2D eigenvalue weighted by Crippen LogP contribution is 2.22. The summed E-state index contributed by atoms with van der Waals surface area (Å²) in [7, 11) is 0. The van der Waals surface area contributed by atoms with Crippen molar-refractivity contribution in [3.8, 4) is 5.75 Å². The van der Waals surface area contributed by atoms with Crippen LogP contribution >= 0.6 is 11.8 Å². The molecule has 33 heavy (non-hydrogen) atoms. The predicted molar refractivity (Wildman–Crippen MR) is 133 cm³/mol. The third-order valence-electron chi connectivity index (χ3n) is 5.41. The van der Waals surface area contributed by atoms with Gasteiger partial charge < -0.3 is 19.6 Å². The molecule has 0 aliphatic rings. The van der Waals surface area contributed by atoms with Crippen LogP contribution in [0.1, 0.15) is 31.7 Å². The van der Waals surface area contributed by atoms with Crippen LogP contribution in [-0.2, 0) is 24.2 Å². The van der Waals surface area contributed by atoms with Crippen molar-refractivity contribution in [1.82, 2.24) is 19.7 Å². The van der Waals surface area contributed by atoms with E-state index in [1.54, 1.807) is 0 Å². The number of nitrogens with one attached hydrogen (secondary N) is 2. The molecular weight excluding hydrogens is 434 g/mol. The molecule has 2 N–H and O–H groups in total. The summed E-state index contributed by atoms with van der Waals surface area (Å²) in [4.78, 5) is 15.7. The smallest absolute Gasteiger partial charge is 0.234 e. The van der Waals surface area contributed by atoms with Gasteiger partial charge in [-0.2, -0.15) is 0 Å². The largest absolute Gasteiger partial charge is 0.494 e. The van der Waals surface area contributed by atoms with Gasteiger partial charge in [0.2, 0.25) is 5.91 Å². The number of H-pyrrole nitrogens is 1. The number of carbonyl (C=O) groups excluding carboxylic acids is 1. The second-order valence-electron chi connectivity index (χ2n) is 7.65. The zero-order chi connectivity index (χ0) is 23.0. The van der Waals surface area contributed by atoms with E-state index >= 15 is 0 Å². The zero-order valence-electron chi connectivity index (χ0n) is 19.0. The molecule has 0 aliphatic heterocycles. The van der Waals surface area contributed by atoms with E-state index in [0.717, 1.165) is 48.2 Å². The van der Waals surface area contributed by atoms with Gasteiger partial charge in [0.15, 0.2) is 5.16 Å². The van der Waals surface area contributed by atoms with Gasteiger partial charge in [-0.1, -0.05) is 30.0 Å². The highest BCUT2D eigenvalue weighted by atomic mass is 32.2. The second kappa shape index (κ2) is 11.0. The number of carbonyl (C=O) groups is 1. The third-order valence-corrected chi connectivity index (χ3v) is 6.38. The number of benzene rings is 2. The van der Waals surface area contributed by atoms with Crippen LogP contribution in [0.25, 0.3) is 10.9 Å². The minimum atomic E-state index is -0.0734. The summed E-state index contributed by atoms with van der Waals surface area (Å²) in [5.74, 6) is 1.96. The van der Waals surface area contributed by atoms with Crippen molar-refractivity contribution in [3.05, 3.63) is 66.1 Å². The van der Waals surface area contributed by atoms with Gasteiger partial charge >= 0.3 is 0 Å². The van der Waals surface area contributed by atoms with E-state index < -0.39 is 0 Å². The number of aryl methyl sites for hydroxylation is 2. The van der Waals surface area contributed by atoms with Gasteiger partial charge in [-0.15, -0.1) is 10.2 Å². The van der Waals surface area contributed by atoms with Crippen LogP contribution < -0.4 is 10.1 Å². The Bertz CT molecular complexity index is 1200. The Labute approximate surface area is 197 Å². The lowest BCUT2D eigenvalue weighted by Crippen LogP contribution is -2.14. The lowest BCUT2D eigenvalue weighted by molar-refractivity contribution is -0.113. The summed E-state index contributed by atoms with van der Waals surface area (Å²) in [6.45, 7) is 5.41. The maximum Gasteiger partial charge on any atom is 0.234 e. The van der Waals surface area contributed by atoms with E-state index in [-0.39, 0.29) is 11.7 Å². The summed E-state index contributed by atoms with van der Waals surface area (Å²) in [6.07, 6.45) is 4.91. The first-order valence-electron chi connectivity index (χ1n) is 11.3. The van der Waals surface area contributed by atoms with Gasteiger partial charge in [0, 0.05) is 35.8 Å². The average Bonchev–Trinajstić information content (AvgIpc) is 3.43. The summed E-state index contributed by atoms with van der Waals surface area (Å²) in [6, 6.07) is 15.8. The lowest BCUT2D eigenvalue weighted by Gasteiger charge is -2.08. The molecular formula is C25H29N5O2S. The Morgan fingerprint density at radius 2 is 1.91 bits per heavy atom. The Morgan fingerprint density at radius 3 is 2.70 bits per heavy atom. The molecule has 2 aromatic carbocycles. The van der Waals surface area contributed by atoms with Gasteiger partial charge in [0.05, 0.1) is 12.4 Å². The number of hydrogen-bond donors (Lipinski definition) is 2. The molecule has 0 radical (unpaired) electrons. The van der Waals surface area contributed by atoms with E-state index in [2.05, 4.69) is 56.4 Å². The number of rotatable bonds is 11. The van der Waals surface area contributed by atoms with Gasteiger partial charge in [-0.05, 0) is 62.6 Å². The molecule has 0 spiro atoms. The molecule has 4 aromatic rings. The van der Waals surface area contributed by atoms with Crippen LogP contribution in [0.15, 0.2) is 59.9 Å². The maximum atomic E-state index is 12.4. The maximum absolute atomic E-state index is 12.4. The number of para-hydroxylation sites is 1. The van der Waals surface area contributed by atoms with Crippen molar-refractivity contribution in [1.29, 1.82) is 0 Å². The molecule has 0 aliphatic carbocycles. The van der Waals surface area contributed by atoms with Crippen LogP contribution in [0.5, 0.6) is 5.75 Å². The van der Waals surface area contributed by atoms with Crippen LogP contribution in [0.2, 0.25) is 0 Å². The molecule has 0 atom stereocenters. The summed E-state index contributed by atoms with van der Waals surface area (Å²) in [5, 5.41) is 13.7. The Hall–Kier alpha value is -3.26. The van der Waals surface area contributed by atoms with Crippen molar-refractivity contribution in [2.24, 2.45) is 0 Å². The second-order valence-corrected chi connectivity index (χ2v) is 8.59. The lowest BCUT2D eigenvalue weighted by atomic mass is 10.1. The fraction of sp³-hybridized carbons (Fsp3) is 0.320. The molecule has 7 nitrogen and oxygen atoms in total. The number of aromatic nitrogens is 4. The van der Waals surface area contributed by atoms with Crippen molar-refractivity contribution >= 4 is 34.3 Å². The van der Waals surface area contributed by atoms with Gasteiger partial charge in [0.1, 0.15) is 11.6 Å². The molecule has 0 saturated carbocycles. The number of aromatic amines is 1. The molecule has 172 valence electrons. The number of anilines is 1. The highest BCUT2D eigenvalue weighted by molar-refractivity contribution is 7.99. The van der Waals surface area contributed by atoms with Crippen molar-refractivity contribution in [3.63, 3.8) is 0 Å². The number of hydrogen-bond acceptors (Lipinski definition) is 5. The standard InChI is InChI=1S/C25H29N5O2S/c1-3-30-23(11-7-8-18-16-26-22-10-6-5-9-21(18)22)28-29-25(30)33-17-24(31)27-19-12-14-20(15-13-19)32-4-2/h5-6,9-10,12-16,26H,3-4,7-8,11,17H2,1-2H3,(H,27,31). The van der Waals surface area contributed by atoms with Crippen LogP contribution in [0.3, 0.4) is 0 Å². The van der Waals surface area contributed by atoms with Crippen molar-refractivity contribution in [2.45, 2.75) is 44.8 Å². The first-order valence-corrected chi connectivity index (χ1v) is 12.3. The number of ether oxygens (including phenoxy) is 1. The molecule has 0 unspecified atom stereocenters. The van der Waals surface area contributed by atoms with Crippen LogP contribution in [0, 0.1) is 0 Å². The van der Waals surface area contributed by atoms with E-state index in [4.69, 9.17) is 4.74 Å². The summed E-state index contributed by atoms with van der Waals surface area (Å²) >= 11 is 1.41. The molecule has 4 rings (SSSR count). The van der Waals surface area contributed by atoms with Gasteiger partial charge in [-0.3, -0.25) is 4.79 Å². The van der Waals surface area contributed by atoms with Gasteiger partial charge in [0.25, 0.3) is 0 Å². The Kier molecular flexibility index (Phi) is 7.67. The number of thioether (sulfide) groups is 1. The van der Waals surface area contributed by atoms with Crippen LogP contribution in [0.4, 0.5) is 5.69 Å². The normalized spacial score (nSPS) is 11.1. The predicted octanol–water partition coefficient (Wildman–Crippen LogP) is 5.08. The van der Waals surface area contributed by atoms with E-state index in [1.165, 1.54) is 28.2 Å². The number of amides is 1. The Morgan fingerprint density at radius 1 is 1.09 bits per heavy atom. The fourth-order valence-electron chi connectivity index (χ4n) is 3.83. The third kappa shape index (κ3) is 5.76. The molecule has 0 saturated heterocycles. The van der Waals surface area contributed by atoms with Crippen LogP contribution in [-0.4, -0.2) is 38.0 Å². The molecule has 8 heteroatoms. The molecule has 2 heterocycles. The fourth-order valence-corrected chi connectivity index (χ4v) is 4.65. The molecule has 1 amide bonds. The Balaban J connectivity index is 1.29. The minimum absolute atomic E-state index is 0.0734. The number of fused-ring (bicyclic) bond motifs is 1. The van der Waals surface area contributed by atoms with E-state index in [9.17, 15) is 4.79 Å². The van der Waals surface area contributed by atoms with E-state index in [0.29, 0.717) is 6.61 Å². The SMILES string of the molecule is CCOc1ccc(NC(=O)CSc2nnc(CCCc3c[nH]c4ccccc34)n2CC)cc1. The topological polar surface area (TPSA) is 84.8 Å². The number of nitrogens with zero attached hydrogens (tertiary/aromatic N) is 3. The first kappa shape index (κ1) is 22.9. The van der Waals surface area contributed by atoms with Crippen molar-refractivity contribution in [2.75, 3.05) is 17.7 Å². The molecule has 0 bridgehead atoms. The zero-order valence-corrected chi connectivity index (χ0v) is 19.8. The molecule has 2 aromatic heterocycles. The quantitative estimate of drug-likeness (QED) is 0.303. The van der Waals surface area contributed by atoms with E-state index in [1.807, 2.05) is 37.3 Å². The minimum Gasteiger partial charge on any atom is -0.494 e. The first-order chi connectivity index (χ1) is 16.2. The summed E-state index contributed by atoms with van der Waals surface area (Å²) < 4.78 is 7.53. The molecule has 0 fully saturated rings.